The van der Waals surface area contributed by atoms with Crippen LogP contribution in [-0.4, -0.2) is 10.7 Å². The highest BCUT2D eigenvalue weighted by molar-refractivity contribution is 14.1. The Morgan fingerprint density at radius 2 is 2.17 bits per heavy atom. The van der Waals surface area contributed by atoms with E-state index in [-0.39, 0.29) is 0 Å². The third-order valence-corrected chi connectivity index (χ3v) is 0.756. The van der Waals surface area contributed by atoms with Crippen molar-refractivity contribution in [2.75, 3.05) is 4.61 Å². The molecule has 0 saturated heterocycles. The van der Waals surface area contributed by atoms with Crippen molar-refractivity contribution in [2.24, 2.45) is 0 Å². The van der Waals surface area contributed by atoms with Gasteiger partial charge in [-0.25, -0.2) is 0 Å². The van der Waals surface area contributed by atoms with Crippen LogP contribution in [0, 0.1) is 0 Å². The fourth-order valence-electron chi connectivity index (χ4n) is 0.126. The minimum atomic E-state index is 0.391. The molecule has 0 atom stereocenters. The highest BCUT2D eigenvalue weighted by atomic mass is 127. The van der Waals surface area contributed by atoms with E-state index in [1.54, 1.807) is 0 Å². The summed E-state index contributed by atoms with van der Waals surface area (Å²) in [5, 5.41) is 0. The molecule has 1 nitrogen and oxygen atoms in total. The zero-order valence-electron chi connectivity index (χ0n) is 4.07. The van der Waals surface area contributed by atoms with E-state index >= 15 is 0 Å². The maximum atomic E-state index is 5.03. The number of halogens is 1. The molecule has 0 N–H and O–H groups in total. The first-order valence-electron chi connectivity index (χ1n) is 1.95. The average molecular weight is 200 g/mol. The lowest BCUT2D eigenvalue weighted by atomic mass is 10.5. The highest BCUT2D eigenvalue weighted by Crippen LogP contribution is 1.89. The summed E-state index contributed by atoms with van der Waals surface area (Å²) < 4.78 is 5.83. The standard InChI is InChI=1S/C4H9IO/c1-4(2)6-3-5/h4H,3H2,1-2H3. The van der Waals surface area contributed by atoms with Crippen molar-refractivity contribution in [2.45, 2.75) is 20.0 Å². The smallest absolute Gasteiger partial charge is 0.0982 e. The van der Waals surface area contributed by atoms with Gasteiger partial charge in [0, 0.05) is 0 Å². The summed E-state index contributed by atoms with van der Waals surface area (Å²) >= 11 is 2.18. The van der Waals surface area contributed by atoms with Gasteiger partial charge in [-0.1, -0.05) is 22.6 Å². The van der Waals surface area contributed by atoms with Crippen molar-refractivity contribution in [1.29, 1.82) is 0 Å². The molecule has 0 heterocycles. The van der Waals surface area contributed by atoms with E-state index in [1.807, 2.05) is 13.8 Å². The van der Waals surface area contributed by atoms with Gasteiger partial charge in [0.1, 0.15) is 0 Å². The van der Waals surface area contributed by atoms with E-state index in [0.29, 0.717) is 6.10 Å². The normalized spacial score (nSPS) is 10.0. The maximum absolute atomic E-state index is 5.03. The summed E-state index contributed by atoms with van der Waals surface area (Å²) in [4.78, 5) is 0. The van der Waals surface area contributed by atoms with Crippen LogP contribution in [0.3, 0.4) is 0 Å². The summed E-state index contributed by atoms with van der Waals surface area (Å²) in [6.07, 6.45) is 0.391. The Morgan fingerprint density at radius 3 is 2.17 bits per heavy atom. The Kier molecular flexibility index (Phi) is 4.31. The fraction of sp³-hybridized carbons (Fsp3) is 1.00. The van der Waals surface area contributed by atoms with Gasteiger partial charge in [0.25, 0.3) is 0 Å². The lowest BCUT2D eigenvalue weighted by Crippen LogP contribution is -1.98. The molecule has 0 spiro atoms. The van der Waals surface area contributed by atoms with Crippen LogP contribution in [0.25, 0.3) is 0 Å². The quantitative estimate of drug-likeness (QED) is 0.487. The summed E-state index contributed by atoms with van der Waals surface area (Å²) in [6.45, 7) is 4.05. The Morgan fingerprint density at radius 1 is 1.67 bits per heavy atom. The first kappa shape index (κ1) is 6.69. The molecule has 2 heteroatoms. The van der Waals surface area contributed by atoms with E-state index in [1.165, 1.54) is 0 Å². The minimum Gasteiger partial charge on any atom is -0.368 e. The van der Waals surface area contributed by atoms with E-state index < -0.39 is 0 Å². The largest absolute Gasteiger partial charge is 0.368 e. The number of alkyl halides is 1. The lowest BCUT2D eigenvalue weighted by Gasteiger charge is -1.99. The molecular weight excluding hydrogens is 191 g/mol. The number of ether oxygens (including phenoxy) is 1. The number of hydrogen-bond acceptors (Lipinski definition) is 1. The van der Waals surface area contributed by atoms with Gasteiger partial charge in [-0.2, -0.15) is 0 Å². The van der Waals surface area contributed by atoms with Crippen LogP contribution in [0.4, 0.5) is 0 Å². The molecule has 0 radical (unpaired) electrons. The predicted molar refractivity (Wildman–Crippen MR) is 35.1 cm³/mol. The molecule has 38 valence electrons. The van der Waals surface area contributed by atoms with Gasteiger partial charge in [0.2, 0.25) is 0 Å². The maximum Gasteiger partial charge on any atom is 0.0982 e. The summed E-state index contributed by atoms with van der Waals surface area (Å²) in [6, 6.07) is 0. The van der Waals surface area contributed by atoms with Crippen LogP contribution >= 0.6 is 22.6 Å². The van der Waals surface area contributed by atoms with Crippen LogP contribution in [0.1, 0.15) is 13.8 Å². The first-order valence-corrected chi connectivity index (χ1v) is 3.47. The van der Waals surface area contributed by atoms with E-state index in [4.69, 9.17) is 4.74 Å². The minimum absolute atomic E-state index is 0.391. The molecule has 6 heavy (non-hydrogen) atoms. The van der Waals surface area contributed by atoms with Crippen LogP contribution in [-0.2, 0) is 4.74 Å². The van der Waals surface area contributed by atoms with Crippen molar-refractivity contribution in [3.05, 3.63) is 0 Å². The highest BCUT2D eigenvalue weighted by Gasteiger charge is 1.84. The van der Waals surface area contributed by atoms with Gasteiger partial charge in [-0.15, -0.1) is 0 Å². The molecule has 0 amide bonds. The van der Waals surface area contributed by atoms with Gasteiger partial charge in [0.05, 0.1) is 10.7 Å². The molecule has 0 rings (SSSR count). The molecule has 0 aromatic rings. The van der Waals surface area contributed by atoms with Crippen molar-refractivity contribution >= 4 is 22.6 Å². The Labute approximate surface area is 52.2 Å². The molecule has 0 unspecified atom stereocenters. The van der Waals surface area contributed by atoms with Crippen molar-refractivity contribution < 1.29 is 4.74 Å². The van der Waals surface area contributed by atoms with Gasteiger partial charge in [0.15, 0.2) is 0 Å². The van der Waals surface area contributed by atoms with Crippen LogP contribution in [0.15, 0.2) is 0 Å². The zero-order valence-corrected chi connectivity index (χ0v) is 6.23. The summed E-state index contributed by atoms with van der Waals surface area (Å²) in [5.41, 5.74) is 0. The Hall–Kier alpha value is 0.690. The second kappa shape index (κ2) is 3.87. The van der Waals surface area contributed by atoms with Crippen LogP contribution in [0.2, 0.25) is 0 Å². The van der Waals surface area contributed by atoms with Crippen LogP contribution in [0.5, 0.6) is 0 Å². The monoisotopic (exact) mass is 200 g/mol. The molecule has 0 aliphatic rings. The molecule has 0 fully saturated rings. The summed E-state index contributed by atoms with van der Waals surface area (Å²) in [5.74, 6) is 0. The molecule has 0 aromatic carbocycles. The van der Waals surface area contributed by atoms with Crippen molar-refractivity contribution in [3.63, 3.8) is 0 Å². The molecular formula is C4H9IO. The van der Waals surface area contributed by atoms with Crippen LogP contribution < -0.4 is 0 Å². The topological polar surface area (TPSA) is 9.23 Å². The SMILES string of the molecule is CC(C)OCI. The first-order chi connectivity index (χ1) is 2.77. The Bertz CT molecular complexity index is 28.7. The number of hydrogen-bond donors (Lipinski definition) is 0. The molecule has 0 aromatic heterocycles. The summed E-state index contributed by atoms with van der Waals surface area (Å²) in [7, 11) is 0. The molecule has 0 saturated carbocycles. The second-order valence-corrected chi connectivity index (χ2v) is 1.95. The molecule has 0 aliphatic heterocycles. The number of rotatable bonds is 2. The van der Waals surface area contributed by atoms with Gasteiger partial charge < -0.3 is 4.74 Å². The predicted octanol–water partition coefficient (Wildman–Crippen LogP) is 1.80. The third-order valence-electron chi connectivity index (χ3n) is 0.396. The van der Waals surface area contributed by atoms with E-state index in [2.05, 4.69) is 22.6 Å². The average Bonchev–Trinajstić information content (AvgIpc) is 1.35. The van der Waals surface area contributed by atoms with E-state index in [9.17, 15) is 0 Å². The van der Waals surface area contributed by atoms with Crippen molar-refractivity contribution in [1.82, 2.24) is 0 Å². The fourth-order valence-corrected chi connectivity index (χ4v) is 0.845. The third kappa shape index (κ3) is 4.69. The van der Waals surface area contributed by atoms with Crippen molar-refractivity contribution in [3.8, 4) is 0 Å². The zero-order chi connectivity index (χ0) is 4.99. The molecule has 0 aliphatic carbocycles. The van der Waals surface area contributed by atoms with Gasteiger partial charge in [-0.05, 0) is 13.8 Å². The Balaban J connectivity index is 2.63. The second-order valence-electron chi connectivity index (χ2n) is 1.32. The van der Waals surface area contributed by atoms with Gasteiger partial charge >= 0.3 is 0 Å². The lowest BCUT2D eigenvalue weighted by molar-refractivity contribution is 0.127. The van der Waals surface area contributed by atoms with Gasteiger partial charge in [-0.3, -0.25) is 0 Å². The van der Waals surface area contributed by atoms with E-state index in [0.717, 1.165) is 4.61 Å². The molecule has 0 bridgehead atoms.